The maximum absolute atomic E-state index is 12.8. The van der Waals surface area contributed by atoms with Gasteiger partial charge in [-0.2, -0.15) is 11.8 Å². The van der Waals surface area contributed by atoms with Crippen molar-refractivity contribution in [1.82, 2.24) is 5.32 Å². The number of nitrogens with zero attached hydrogens (tertiary/aromatic N) is 1. The van der Waals surface area contributed by atoms with E-state index in [0.717, 1.165) is 16.5 Å². The number of carbonyl (C=O) groups is 3. The topological polar surface area (TPSA) is 86.7 Å². The van der Waals surface area contributed by atoms with Gasteiger partial charge in [-0.15, -0.1) is 0 Å². The standard InChI is InChI=1S/C21H22N2O4S/c24-18-12-15(19(25)22-21(20(26)27)8-10-28-11-9-21)13-23(18)17-7-3-5-14-4-1-2-6-16(14)17/h1-7,15H,8-13H2,(H,22,25)(H,26,27). The van der Waals surface area contributed by atoms with E-state index in [1.54, 1.807) is 16.7 Å². The predicted octanol–water partition coefficient (Wildman–Crippen LogP) is 2.66. The lowest BCUT2D eigenvalue weighted by molar-refractivity contribution is -0.148. The quantitative estimate of drug-likeness (QED) is 0.827. The molecule has 2 aromatic carbocycles. The molecule has 6 nitrogen and oxygen atoms in total. The van der Waals surface area contributed by atoms with Gasteiger partial charge in [-0.05, 0) is 35.8 Å². The maximum atomic E-state index is 12.8. The number of carboxylic acid groups (broad SMARTS) is 1. The van der Waals surface area contributed by atoms with Crippen LogP contribution >= 0.6 is 11.8 Å². The summed E-state index contributed by atoms with van der Waals surface area (Å²) in [6.07, 6.45) is 0.915. The van der Waals surface area contributed by atoms with Crippen LogP contribution in [0.25, 0.3) is 10.8 Å². The first-order chi connectivity index (χ1) is 13.5. The van der Waals surface area contributed by atoms with Crippen molar-refractivity contribution in [3.05, 3.63) is 42.5 Å². The van der Waals surface area contributed by atoms with Crippen molar-refractivity contribution in [2.24, 2.45) is 5.92 Å². The third-order valence-corrected chi connectivity index (χ3v) is 6.66. The van der Waals surface area contributed by atoms with Crippen molar-refractivity contribution in [3.8, 4) is 0 Å². The van der Waals surface area contributed by atoms with Gasteiger partial charge in [0.05, 0.1) is 11.6 Å². The van der Waals surface area contributed by atoms with Crippen molar-refractivity contribution >= 4 is 46.0 Å². The van der Waals surface area contributed by atoms with Crippen LogP contribution in [0.2, 0.25) is 0 Å². The van der Waals surface area contributed by atoms with E-state index in [4.69, 9.17) is 0 Å². The molecule has 0 aromatic heterocycles. The predicted molar refractivity (Wildman–Crippen MR) is 109 cm³/mol. The summed E-state index contributed by atoms with van der Waals surface area (Å²) >= 11 is 1.70. The van der Waals surface area contributed by atoms with Crippen molar-refractivity contribution in [2.75, 3.05) is 23.0 Å². The molecule has 28 heavy (non-hydrogen) atoms. The Balaban J connectivity index is 1.54. The van der Waals surface area contributed by atoms with Gasteiger partial charge in [-0.3, -0.25) is 9.59 Å². The van der Waals surface area contributed by atoms with Crippen LogP contribution in [0.15, 0.2) is 42.5 Å². The highest BCUT2D eigenvalue weighted by Crippen LogP contribution is 2.33. The Morgan fingerprint density at radius 2 is 1.82 bits per heavy atom. The molecule has 4 rings (SSSR count). The van der Waals surface area contributed by atoms with Crippen molar-refractivity contribution < 1.29 is 19.5 Å². The van der Waals surface area contributed by atoms with Crippen LogP contribution in [-0.4, -0.2) is 46.5 Å². The zero-order chi connectivity index (χ0) is 19.7. The molecule has 146 valence electrons. The van der Waals surface area contributed by atoms with Crippen LogP contribution in [0.1, 0.15) is 19.3 Å². The number of thioether (sulfide) groups is 1. The molecule has 0 bridgehead atoms. The lowest BCUT2D eigenvalue weighted by Crippen LogP contribution is -2.58. The highest BCUT2D eigenvalue weighted by Gasteiger charge is 2.44. The second-order valence-electron chi connectivity index (χ2n) is 7.39. The molecule has 0 saturated carbocycles. The van der Waals surface area contributed by atoms with E-state index in [0.29, 0.717) is 24.3 Å². The van der Waals surface area contributed by atoms with E-state index in [2.05, 4.69) is 5.32 Å². The van der Waals surface area contributed by atoms with Gasteiger partial charge in [0.1, 0.15) is 5.54 Å². The smallest absolute Gasteiger partial charge is 0.329 e. The molecule has 0 spiro atoms. The molecule has 2 fully saturated rings. The van der Waals surface area contributed by atoms with E-state index in [9.17, 15) is 19.5 Å². The molecule has 2 amide bonds. The minimum atomic E-state index is -1.21. The Morgan fingerprint density at radius 1 is 1.11 bits per heavy atom. The number of rotatable bonds is 4. The van der Waals surface area contributed by atoms with E-state index in [1.807, 2.05) is 42.5 Å². The summed E-state index contributed by atoms with van der Waals surface area (Å²) in [7, 11) is 0. The molecule has 2 N–H and O–H groups in total. The third-order valence-electron chi connectivity index (χ3n) is 5.67. The van der Waals surface area contributed by atoms with Gasteiger partial charge in [0.25, 0.3) is 0 Å². The van der Waals surface area contributed by atoms with Crippen LogP contribution < -0.4 is 10.2 Å². The summed E-state index contributed by atoms with van der Waals surface area (Å²) in [6.45, 7) is 0.267. The number of hydrogen-bond acceptors (Lipinski definition) is 4. The second-order valence-corrected chi connectivity index (χ2v) is 8.62. The van der Waals surface area contributed by atoms with Crippen molar-refractivity contribution in [3.63, 3.8) is 0 Å². The summed E-state index contributed by atoms with van der Waals surface area (Å²) in [5.41, 5.74) is -0.418. The minimum Gasteiger partial charge on any atom is -0.480 e. The molecule has 2 aliphatic heterocycles. The van der Waals surface area contributed by atoms with E-state index < -0.39 is 17.4 Å². The number of hydrogen-bond donors (Lipinski definition) is 2. The molecule has 2 aromatic rings. The Bertz CT molecular complexity index is 934. The van der Waals surface area contributed by atoms with Crippen LogP contribution in [-0.2, 0) is 14.4 Å². The first-order valence-electron chi connectivity index (χ1n) is 9.41. The summed E-state index contributed by atoms with van der Waals surface area (Å²) in [5.74, 6) is -0.574. The van der Waals surface area contributed by atoms with Crippen LogP contribution in [0.5, 0.6) is 0 Å². The highest BCUT2D eigenvalue weighted by molar-refractivity contribution is 7.99. The van der Waals surface area contributed by atoms with Gasteiger partial charge in [-0.25, -0.2) is 4.79 Å². The number of nitrogens with one attached hydrogen (secondary N) is 1. The van der Waals surface area contributed by atoms with Crippen molar-refractivity contribution in [1.29, 1.82) is 0 Å². The summed E-state index contributed by atoms with van der Waals surface area (Å²) in [4.78, 5) is 39.0. The molecule has 1 atom stereocenters. The van der Waals surface area contributed by atoms with Gasteiger partial charge in [0.15, 0.2) is 0 Å². The lowest BCUT2D eigenvalue weighted by atomic mass is 9.91. The zero-order valence-corrected chi connectivity index (χ0v) is 16.2. The Morgan fingerprint density at radius 3 is 2.57 bits per heavy atom. The number of aliphatic carboxylic acids is 1. The maximum Gasteiger partial charge on any atom is 0.329 e. The molecule has 1 unspecified atom stereocenters. The van der Waals surface area contributed by atoms with Gasteiger partial charge in [0.2, 0.25) is 11.8 Å². The van der Waals surface area contributed by atoms with E-state index >= 15 is 0 Å². The number of amides is 2. The first-order valence-corrected chi connectivity index (χ1v) is 10.6. The molecular formula is C21H22N2O4S. The van der Waals surface area contributed by atoms with Gasteiger partial charge >= 0.3 is 5.97 Å². The van der Waals surface area contributed by atoms with Crippen molar-refractivity contribution in [2.45, 2.75) is 24.8 Å². The van der Waals surface area contributed by atoms with E-state index in [-0.39, 0.29) is 24.8 Å². The minimum absolute atomic E-state index is 0.0967. The van der Waals surface area contributed by atoms with Crippen LogP contribution in [0, 0.1) is 5.92 Å². The number of fused-ring (bicyclic) bond motifs is 1. The Labute approximate surface area is 167 Å². The van der Waals surface area contributed by atoms with Gasteiger partial charge in [0, 0.05) is 18.4 Å². The molecule has 2 saturated heterocycles. The zero-order valence-electron chi connectivity index (χ0n) is 15.4. The fraction of sp³-hybridized carbons (Fsp3) is 0.381. The summed E-state index contributed by atoms with van der Waals surface area (Å²) < 4.78 is 0. The lowest BCUT2D eigenvalue weighted by Gasteiger charge is -2.34. The molecule has 7 heteroatoms. The highest BCUT2D eigenvalue weighted by atomic mass is 32.2. The number of carboxylic acids is 1. The van der Waals surface area contributed by atoms with Gasteiger partial charge < -0.3 is 15.3 Å². The molecule has 0 radical (unpaired) electrons. The molecule has 2 aliphatic rings. The largest absolute Gasteiger partial charge is 0.480 e. The fourth-order valence-electron chi connectivity index (χ4n) is 4.01. The average Bonchev–Trinajstić information content (AvgIpc) is 3.10. The third kappa shape index (κ3) is 3.35. The average molecular weight is 398 g/mol. The van der Waals surface area contributed by atoms with E-state index in [1.165, 1.54) is 0 Å². The monoisotopic (exact) mass is 398 g/mol. The summed E-state index contributed by atoms with van der Waals surface area (Å²) in [5, 5.41) is 14.4. The van der Waals surface area contributed by atoms with Crippen LogP contribution in [0.4, 0.5) is 5.69 Å². The van der Waals surface area contributed by atoms with Gasteiger partial charge in [-0.1, -0.05) is 36.4 Å². The first kappa shape index (κ1) is 18.8. The summed E-state index contributed by atoms with van der Waals surface area (Å²) in [6, 6.07) is 13.6. The van der Waals surface area contributed by atoms with Crippen LogP contribution in [0.3, 0.4) is 0 Å². The SMILES string of the molecule is O=C(NC1(C(=O)O)CCSCC1)C1CC(=O)N(c2cccc3ccccc23)C1. The number of carbonyl (C=O) groups excluding carboxylic acids is 2. The fourth-order valence-corrected chi connectivity index (χ4v) is 5.20. The number of benzene rings is 2. The Kier molecular flexibility index (Phi) is 5.02. The molecular weight excluding hydrogens is 376 g/mol. The normalized spacial score (nSPS) is 21.6. The number of anilines is 1. The Hall–Kier alpha value is -2.54. The molecule has 0 aliphatic carbocycles. The second kappa shape index (κ2) is 7.47. The molecule has 2 heterocycles.